The molecule has 1 atom stereocenters. The van der Waals surface area contributed by atoms with Crippen LogP contribution < -0.4 is 5.56 Å². The molecule has 0 unspecified atom stereocenters. The zero-order valence-electron chi connectivity index (χ0n) is 14.4. The number of carbonyl (C=O) groups is 2. The number of Topliss-reactive ketones (excluding diaryl/α,β-unsaturated/α-hetero) is 1. The number of benzene rings is 1. The summed E-state index contributed by atoms with van der Waals surface area (Å²) in [5.41, 5.74) is 0.441. The van der Waals surface area contributed by atoms with Crippen LogP contribution in [0.15, 0.2) is 41.6 Å². The Balaban J connectivity index is 2.18. The van der Waals surface area contributed by atoms with Gasteiger partial charge in [-0.3, -0.25) is 19.0 Å². The van der Waals surface area contributed by atoms with E-state index in [4.69, 9.17) is 11.6 Å². The van der Waals surface area contributed by atoms with Gasteiger partial charge in [0.05, 0.1) is 11.9 Å². The van der Waals surface area contributed by atoms with E-state index < -0.39 is 23.3 Å². The van der Waals surface area contributed by atoms with E-state index in [9.17, 15) is 14.4 Å². The van der Waals surface area contributed by atoms with E-state index in [0.29, 0.717) is 16.4 Å². The van der Waals surface area contributed by atoms with Gasteiger partial charge in [0.25, 0.3) is 11.5 Å². The average molecular weight is 374 g/mol. The standard InChI is InChI=1S/C17H16ClN5O3/c1-10(24)14(17(26)21(2)3)22-9-19-15-13(16(22)25)8-20-23(15)12-6-4-5-11(18)7-12/h4-9,14H,1-3H3/t14-/m0/s1. The Labute approximate surface area is 153 Å². The normalized spacial score (nSPS) is 12.2. The zero-order valence-corrected chi connectivity index (χ0v) is 15.1. The quantitative estimate of drug-likeness (QED) is 0.646. The molecule has 2 aromatic heterocycles. The molecular formula is C17H16ClN5O3. The summed E-state index contributed by atoms with van der Waals surface area (Å²) in [5, 5.41) is 4.92. The first-order valence-electron chi connectivity index (χ1n) is 7.73. The molecule has 1 amide bonds. The molecule has 3 aromatic rings. The van der Waals surface area contributed by atoms with Gasteiger partial charge in [-0.1, -0.05) is 17.7 Å². The maximum Gasteiger partial charge on any atom is 0.265 e. The Morgan fingerprint density at radius 3 is 2.62 bits per heavy atom. The largest absolute Gasteiger partial charge is 0.347 e. The van der Waals surface area contributed by atoms with Crippen molar-refractivity contribution < 1.29 is 9.59 Å². The number of fused-ring (bicyclic) bond motifs is 1. The number of carbonyl (C=O) groups excluding carboxylic acids is 2. The fourth-order valence-electron chi connectivity index (χ4n) is 2.64. The highest BCUT2D eigenvalue weighted by Crippen LogP contribution is 2.18. The van der Waals surface area contributed by atoms with E-state index in [1.165, 1.54) is 43.1 Å². The van der Waals surface area contributed by atoms with Gasteiger partial charge in [-0.25, -0.2) is 9.67 Å². The van der Waals surface area contributed by atoms with E-state index in [1.54, 1.807) is 24.3 Å². The van der Waals surface area contributed by atoms with Gasteiger partial charge in [0, 0.05) is 19.1 Å². The Morgan fingerprint density at radius 1 is 1.27 bits per heavy atom. The Bertz CT molecular complexity index is 1070. The molecule has 0 saturated heterocycles. The summed E-state index contributed by atoms with van der Waals surface area (Å²) in [4.78, 5) is 42.6. The minimum atomic E-state index is -1.26. The van der Waals surface area contributed by atoms with Crippen LogP contribution in [0.25, 0.3) is 16.7 Å². The lowest BCUT2D eigenvalue weighted by Gasteiger charge is -2.20. The first-order chi connectivity index (χ1) is 12.3. The van der Waals surface area contributed by atoms with E-state index >= 15 is 0 Å². The summed E-state index contributed by atoms with van der Waals surface area (Å²) < 4.78 is 2.51. The molecule has 0 saturated carbocycles. The van der Waals surface area contributed by atoms with E-state index in [2.05, 4.69) is 10.1 Å². The SMILES string of the molecule is CC(=O)[C@@H](C(=O)N(C)C)n1cnc2c(cnn2-c2cccc(Cl)c2)c1=O. The number of hydrogen-bond acceptors (Lipinski definition) is 5. The maximum absolute atomic E-state index is 12.8. The minimum absolute atomic E-state index is 0.199. The molecular weight excluding hydrogens is 358 g/mol. The summed E-state index contributed by atoms with van der Waals surface area (Å²) in [7, 11) is 3.04. The third-order valence-corrected chi connectivity index (χ3v) is 4.14. The van der Waals surface area contributed by atoms with Crippen LogP contribution in [0.4, 0.5) is 0 Å². The Kier molecular flexibility index (Phi) is 4.60. The number of hydrogen-bond donors (Lipinski definition) is 0. The fraction of sp³-hybridized carbons (Fsp3) is 0.235. The smallest absolute Gasteiger partial charge is 0.265 e. The second-order valence-corrected chi connectivity index (χ2v) is 6.41. The van der Waals surface area contributed by atoms with Crippen LogP contribution >= 0.6 is 11.6 Å². The molecule has 0 spiro atoms. The van der Waals surface area contributed by atoms with Gasteiger partial charge >= 0.3 is 0 Å². The molecule has 0 bridgehead atoms. The van der Waals surface area contributed by atoms with Crippen LogP contribution in [-0.2, 0) is 9.59 Å². The molecule has 3 rings (SSSR count). The summed E-state index contributed by atoms with van der Waals surface area (Å²) in [6.07, 6.45) is 2.56. The third kappa shape index (κ3) is 2.99. The number of nitrogens with zero attached hydrogens (tertiary/aromatic N) is 5. The topological polar surface area (TPSA) is 90.1 Å². The second-order valence-electron chi connectivity index (χ2n) is 5.98. The van der Waals surface area contributed by atoms with Crippen molar-refractivity contribution in [1.82, 2.24) is 24.2 Å². The molecule has 0 aliphatic rings. The lowest BCUT2D eigenvalue weighted by atomic mass is 10.1. The predicted octanol–water partition coefficient (Wildman–Crippen LogP) is 1.45. The van der Waals surface area contributed by atoms with E-state index in [-0.39, 0.29) is 5.39 Å². The minimum Gasteiger partial charge on any atom is -0.347 e. The highest BCUT2D eigenvalue weighted by Gasteiger charge is 2.29. The third-order valence-electron chi connectivity index (χ3n) is 3.90. The highest BCUT2D eigenvalue weighted by atomic mass is 35.5. The van der Waals surface area contributed by atoms with Crippen LogP contribution in [0, 0.1) is 0 Å². The van der Waals surface area contributed by atoms with Crippen LogP contribution in [0.5, 0.6) is 0 Å². The maximum atomic E-state index is 12.8. The van der Waals surface area contributed by atoms with Gasteiger partial charge < -0.3 is 4.90 Å². The molecule has 2 heterocycles. The van der Waals surface area contributed by atoms with Crippen molar-refractivity contribution in [3.05, 3.63) is 52.2 Å². The van der Waals surface area contributed by atoms with Gasteiger partial charge in [-0.2, -0.15) is 5.10 Å². The molecule has 0 aliphatic carbocycles. The monoisotopic (exact) mass is 373 g/mol. The number of rotatable bonds is 4. The first kappa shape index (κ1) is 17.8. The lowest BCUT2D eigenvalue weighted by molar-refractivity contribution is -0.137. The van der Waals surface area contributed by atoms with Crippen molar-refractivity contribution in [2.75, 3.05) is 14.1 Å². The Morgan fingerprint density at radius 2 is 2.00 bits per heavy atom. The molecule has 0 aliphatic heterocycles. The summed E-state index contributed by atoms with van der Waals surface area (Å²) in [6, 6.07) is 5.69. The van der Waals surface area contributed by atoms with E-state index in [1.807, 2.05) is 0 Å². The van der Waals surface area contributed by atoms with Gasteiger partial charge in [0.1, 0.15) is 11.7 Å². The number of likely N-dealkylation sites (N-methyl/N-ethyl adjacent to an activating group) is 1. The summed E-state index contributed by atoms with van der Waals surface area (Å²) >= 11 is 6.00. The molecule has 1 aromatic carbocycles. The number of aromatic nitrogens is 4. The van der Waals surface area contributed by atoms with Crippen LogP contribution in [0.1, 0.15) is 13.0 Å². The molecule has 8 nitrogen and oxygen atoms in total. The van der Waals surface area contributed by atoms with Gasteiger partial charge in [0.2, 0.25) is 0 Å². The molecule has 26 heavy (non-hydrogen) atoms. The van der Waals surface area contributed by atoms with Crippen molar-refractivity contribution in [3.63, 3.8) is 0 Å². The predicted molar refractivity (Wildman–Crippen MR) is 96.5 cm³/mol. The first-order valence-corrected chi connectivity index (χ1v) is 8.11. The van der Waals surface area contributed by atoms with Crippen molar-refractivity contribution in [2.45, 2.75) is 13.0 Å². The zero-order chi connectivity index (χ0) is 19.0. The highest BCUT2D eigenvalue weighted by molar-refractivity contribution is 6.30. The van der Waals surface area contributed by atoms with Crippen molar-refractivity contribution in [2.24, 2.45) is 0 Å². The van der Waals surface area contributed by atoms with Crippen LogP contribution in [0.2, 0.25) is 5.02 Å². The lowest BCUT2D eigenvalue weighted by Crippen LogP contribution is -2.40. The summed E-state index contributed by atoms with van der Waals surface area (Å²) in [6.45, 7) is 1.26. The molecule has 0 N–H and O–H groups in total. The van der Waals surface area contributed by atoms with Crippen molar-refractivity contribution >= 4 is 34.3 Å². The molecule has 134 valence electrons. The summed E-state index contributed by atoms with van der Waals surface area (Å²) in [5.74, 6) is -0.947. The Hall–Kier alpha value is -3.00. The van der Waals surface area contributed by atoms with Crippen LogP contribution in [0.3, 0.4) is 0 Å². The second kappa shape index (κ2) is 6.72. The fourth-order valence-corrected chi connectivity index (χ4v) is 2.82. The van der Waals surface area contributed by atoms with Crippen molar-refractivity contribution in [3.8, 4) is 5.69 Å². The number of ketones is 1. The molecule has 0 radical (unpaired) electrons. The average Bonchev–Trinajstić information content (AvgIpc) is 3.01. The van der Waals surface area contributed by atoms with Crippen LogP contribution in [-0.4, -0.2) is 50.0 Å². The van der Waals surface area contributed by atoms with Crippen molar-refractivity contribution in [1.29, 1.82) is 0 Å². The van der Waals surface area contributed by atoms with Gasteiger partial charge in [0.15, 0.2) is 17.5 Å². The van der Waals surface area contributed by atoms with Gasteiger partial charge in [-0.05, 0) is 25.1 Å². The van der Waals surface area contributed by atoms with E-state index in [0.717, 1.165) is 4.57 Å². The number of amides is 1. The van der Waals surface area contributed by atoms with Gasteiger partial charge in [-0.15, -0.1) is 0 Å². The molecule has 9 heteroatoms. The molecule has 0 fully saturated rings. The number of halogens is 1.